The Balaban J connectivity index is 1.48. The first-order chi connectivity index (χ1) is 18.1. The first-order valence-electron chi connectivity index (χ1n) is 12.4. The molecule has 2 aromatic rings. The highest BCUT2D eigenvalue weighted by atomic mass is 19.1. The molecule has 0 saturated heterocycles. The van der Waals surface area contributed by atoms with E-state index in [-0.39, 0.29) is 43.0 Å². The molecule has 0 aliphatic carbocycles. The molecule has 10 nitrogen and oxygen atoms in total. The molecular formula is C27H31FN4O6. The predicted octanol–water partition coefficient (Wildman–Crippen LogP) is 1.81. The van der Waals surface area contributed by atoms with Crippen molar-refractivity contribution in [2.24, 2.45) is 0 Å². The number of imide groups is 1. The van der Waals surface area contributed by atoms with E-state index in [4.69, 9.17) is 5.21 Å². The summed E-state index contributed by atoms with van der Waals surface area (Å²) in [6.45, 7) is 3.57. The lowest BCUT2D eigenvalue weighted by Gasteiger charge is -2.19. The summed E-state index contributed by atoms with van der Waals surface area (Å²) in [5.41, 5.74) is 4.85. The molecule has 1 aliphatic heterocycles. The van der Waals surface area contributed by atoms with Gasteiger partial charge in [-0.2, -0.15) is 0 Å². The van der Waals surface area contributed by atoms with Crippen LogP contribution >= 0.6 is 0 Å². The normalized spacial score (nSPS) is 13.2. The van der Waals surface area contributed by atoms with Gasteiger partial charge in [-0.15, -0.1) is 0 Å². The third-order valence-corrected chi connectivity index (χ3v) is 6.33. The highest BCUT2D eigenvalue weighted by molar-refractivity contribution is 6.21. The largest absolute Gasteiger partial charge is 0.353 e. The zero-order valence-corrected chi connectivity index (χ0v) is 21.3. The van der Waals surface area contributed by atoms with E-state index in [9.17, 15) is 28.4 Å². The number of halogens is 1. The number of benzene rings is 2. The van der Waals surface area contributed by atoms with Gasteiger partial charge in [0, 0.05) is 25.9 Å². The number of fused-ring (bicyclic) bond motifs is 1. The number of carbonyl (C=O) groups is 5. The summed E-state index contributed by atoms with van der Waals surface area (Å²) < 4.78 is 13.4. The molecule has 0 aromatic heterocycles. The maximum atomic E-state index is 13.4. The Bertz CT molecular complexity index is 1250. The van der Waals surface area contributed by atoms with Crippen LogP contribution in [0.15, 0.2) is 36.4 Å². The van der Waals surface area contributed by atoms with Gasteiger partial charge in [0.1, 0.15) is 11.9 Å². The van der Waals surface area contributed by atoms with Crippen LogP contribution in [-0.4, -0.2) is 58.8 Å². The fourth-order valence-electron chi connectivity index (χ4n) is 4.26. The smallest absolute Gasteiger partial charge is 0.267 e. The topological polar surface area (TPSA) is 145 Å². The second-order valence-corrected chi connectivity index (χ2v) is 9.11. The van der Waals surface area contributed by atoms with E-state index in [0.717, 1.165) is 35.4 Å². The van der Waals surface area contributed by atoms with Gasteiger partial charge in [0.05, 0.1) is 11.1 Å². The molecule has 1 aliphatic rings. The number of amides is 5. The van der Waals surface area contributed by atoms with Gasteiger partial charge >= 0.3 is 0 Å². The van der Waals surface area contributed by atoms with Crippen molar-refractivity contribution in [2.45, 2.75) is 52.0 Å². The summed E-state index contributed by atoms with van der Waals surface area (Å²) in [6.07, 6.45) is 2.35. The van der Waals surface area contributed by atoms with Crippen LogP contribution in [0.1, 0.15) is 63.6 Å². The van der Waals surface area contributed by atoms with E-state index in [2.05, 4.69) is 23.6 Å². The highest BCUT2D eigenvalue weighted by Gasteiger charge is 2.36. The molecule has 0 unspecified atom stereocenters. The lowest BCUT2D eigenvalue weighted by atomic mass is 9.99. The first kappa shape index (κ1) is 28.5. The third-order valence-electron chi connectivity index (χ3n) is 6.33. The molecule has 2 aromatic carbocycles. The van der Waals surface area contributed by atoms with Crippen molar-refractivity contribution in [3.8, 4) is 0 Å². The number of carbonyl (C=O) groups excluding carboxylic acids is 5. The molecule has 0 saturated carbocycles. The minimum absolute atomic E-state index is 0.0455. The van der Waals surface area contributed by atoms with Crippen molar-refractivity contribution in [3.05, 3.63) is 70.0 Å². The molecule has 1 heterocycles. The van der Waals surface area contributed by atoms with Gasteiger partial charge in [0.25, 0.3) is 17.7 Å². The maximum Gasteiger partial charge on any atom is 0.267 e. The average molecular weight is 527 g/mol. The van der Waals surface area contributed by atoms with Crippen LogP contribution in [0.3, 0.4) is 0 Å². The van der Waals surface area contributed by atoms with Crippen LogP contribution < -0.4 is 16.1 Å². The average Bonchev–Trinajstić information content (AvgIpc) is 3.13. The van der Waals surface area contributed by atoms with Gasteiger partial charge in [-0.3, -0.25) is 34.1 Å². The van der Waals surface area contributed by atoms with Crippen LogP contribution in [0, 0.1) is 12.7 Å². The van der Waals surface area contributed by atoms with Crippen molar-refractivity contribution in [2.75, 3.05) is 13.1 Å². The van der Waals surface area contributed by atoms with Crippen molar-refractivity contribution in [1.82, 2.24) is 21.0 Å². The van der Waals surface area contributed by atoms with Crippen LogP contribution in [0.2, 0.25) is 0 Å². The zero-order chi connectivity index (χ0) is 27.8. The molecule has 0 radical (unpaired) electrons. The first-order valence-corrected chi connectivity index (χ1v) is 12.4. The SMILES string of the molecule is CCCc1ccc(CCC(=O)NC[C@H](NC(=O)CCN2C(=O)c3ccc(F)cc3C2=O)C(=O)NO)cc1C. The lowest BCUT2D eigenvalue weighted by molar-refractivity contribution is -0.135. The quantitative estimate of drug-likeness (QED) is 0.189. The number of nitrogens with zero attached hydrogens (tertiary/aromatic N) is 1. The summed E-state index contributed by atoms with van der Waals surface area (Å²) >= 11 is 0. The van der Waals surface area contributed by atoms with Crippen LogP contribution in [0.25, 0.3) is 0 Å². The van der Waals surface area contributed by atoms with Gasteiger partial charge in [-0.05, 0) is 54.7 Å². The summed E-state index contributed by atoms with van der Waals surface area (Å²) in [4.78, 5) is 62.5. The number of hydrogen-bond acceptors (Lipinski definition) is 6. The fraction of sp³-hybridized carbons (Fsp3) is 0.370. The Morgan fingerprint density at radius 3 is 2.39 bits per heavy atom. The molecule has 38 heavy (non-hydrogen) atoms. The summed E-state index contributed by atoms with van der Waals surface area (Å²) in [6, 6.07) is 8.04. The minimum atomic E-state index is -1.29. The summed E-state index contributed by atoms with van der Waals surface area (Å²) in [5, 5.41) is 14.0. The van der Waals surface area contributed by atoms with Gasteiger partial charge in [-0.1, -0.05) is 31.5 Å². The van der Waals surface area contributed by atoms with Gasteiger partial charge in [-0.25, -0.2) is 9.87 Å². The maximum absolute atomic E-state index is 13.4. The standard InChI is InChI=1S/C27H31FN4O6/c1-3-4-18-7-5-17(13-16(18)2)6-10-23(33)29-15-22(25(35)31-38)30-24(34)11-12-32-26(36)20-9-8-19(28)14-21(20)27(32)37/h5,7-9,13-14,22,38H,3-4,6,10-12,15H2,1-2H3,(H,29,33)(H,30,34)(H,31,35)/t22-/m0/s1. The molecule has 202 valence electrons. The van der Waals surface area contributed by atoms with Crippen molar-refractivity contribution < 1.29 is 33.6 Å². The number of aryl methyl sites for hydroxylation is 3. The van der Waals surface area contributed by atoms with Crippen molar-refractivity contribution >= 4 is 29.5 Å². The van der Waals surface area contributed by atoms with Crippen LogP contribution in [0.5, 0.6) is 0 Å². The summed E-state index contributed by atoms with van der Waals surface area (Å²) in [7, 11) is 0. The Kier molecular flexibility index (Phi) is 9.66. The molecular weight excluding hydrogens is 495 g/mol. The molecule has 3 rings (SSSR count). The van der Waals surface area contributed by atoms with Gasteiger partial charge in [0.15, 0.2) is 0 Å². The van der Waals surface area contributed by atoms with Gasteiger partial charge < -0.3 is 10.6 Å². The van der Waals surface area contributed by atoms with E-state index >= 15 is 0 Å². The molecule has 0 fully saturated rings. The number of hydrogen-bond donors (Lipinski definition) is 4. The number of hydroxylamine groups is 1. The molecule has 5 amide bonds. The monoisotopic (exact) mass is 526 g/mol. The van der Waals surface area contributed by atoms with Crippen LogP contribution in [0.4, 0.5) is 4.39 Å². The Morgan fingerprint density at radius 1 is 0.974 bits per heavy atom. The highest BCUT2D eigenvalue weighted by Crippen LogP contribution is 2.23. The van der Waals surface area contributed by atoms with E-state index in [1.807, 2.05) is 19.1 Å². The van der Waals surface area contributed by atoms with Crippen molar-refractivity contribution in [3.63, 3.8) is 0 Å². The second kappa shape index (κ2) is 12.9. The van der Waals surface area contributed by atoms with Crippen molar-refractivity contribution in [1.29, 1.82) is 0 Å². The Morgan fingerprint density at radius 2 is 1.71 bits per heavy atom. The molecule has 4 N–H and O–H groups in total. The zero-order valence-electron chi connectivity index (χ0n) is 21.3. The molecule has 11 heteroatoms. The number of rotatable bonds is 12. The fourth-order valence-corrected chi connectivity index (χ4v) is 4.26. The number of nitrogens with one attached hydrogen (secondary N) is 3. The molecule has 0 bridgehead atoms. The van der Waals surface area contributed by atoms with E-state index in [1.165, 1.54) is 22.7 Å². The second-order valence-electron chi connectivity index (χ2n) is 9.11. The molecule has 1 atom stereocenters. The van der Waals surface area contributed by atoms with Crippen LogP contribution in [-0.2, 0) is 27.2 Å². The van der Waals surface area contributed by atoms with E-state index in [0.29, 0.717) is 6.42 Å². The lowest BCUT2D eigenvalue weighted by Crippen LogP contribution is -2.52. The Labute approximate surface area is 219 Å². The predicted molar refractivity (Wildman–Crippen MR) is 135 cm³/mol. The van der Waals surface area contributed by atoms with Gasteiger partial charge in [0.2, 0.25) is 11.8 Å². The Hall–Kier alpha value is -4.12. The summed E-state index contributed by atoms with van der Waals surface area (Å²) in [5.74, 6) is -4.02. The molecule has 0 spiro atoms. The minimum Gasteiger partial charge on any atom is -0.353 e. The van der Waals surface area contributed by atoms with E-state index < -0.39 is 35.5 Å². The van der Waals surface area contributed by atoms with E-state index in [1.54, 1.807) is 0 Å². The third kappa shape index (κ3) is 7.00.